The van der Waals surface area contributed by atoms with Crippen LogP contribution in [0.5, 0.6) is 17.2 Å². The minimum absolute atomic E-state index is 0.159. The number of methoxy groups -OCH3 is 1. The second kappa shape index (κ2) is 8.39. The maximum atomic E-state index is 5.95. The Morgan fingerprint density at radius 1 is 1.00 bits per heavy atom. The first kappa shape index (κ1) is 21.6. The van der Waals surface area contributed by atoms with E-state index in [4.69, 9.17) is 14.2 Å². The van der Waals surface area contributed by atoms with Gasteiger partial charge < -0.3 is 18.7 Å². The SMILES string of the molecule is COc1c2c(cc3c1[C@H](c1nnnn1C(c1ccccc1)c1ccccc1)[N+](C)(C)CC3)OCO2. The molecule has 2 aliphatic heterocycles. The number of tetrazole rings is 1. The van der Waals surface area contributed by atoms with Crippen molar-refractivity contribution in [2.75, 3.05) is 34.5 Å². The summed E-state index contributed by atoms with van der Waals surface area (Å²) < 4.78 is 20.1. The van der Waals surface area contributed by atoms with Gasteiger partial charge in [0.15, 0.2) is 17.5 Å². The van der Waals surface area contributed by atoms with Gasteiger partial charge in [0, 0.05) is 6.42 Å². The molecule has 1 aromatic heterocycles. The second-order valence-electron chi connectivity index (χ2n) is 9.58. The lowest BCUT2D eigenvalue weighted by Crippen LogP contribution is -2.49. The highest BCUT2D eigenvalue weighted by Gasteiger charge is 2.46. The Bertz CT molecular complexity index is 1310. The molecule has 0 bridgehead atoms. The van der Waals surface area contributed by atoms with Gasteiger partial charge in [0.25, 0.3) is 0 Å². The Labute approximate surface area is 204 Å². The number of nitrogens with zero attached hydrogens (tertiary/aromatic N) is 5. The Hall–Kier alpha value is -3.91. The summed E-state index contributed by atoms with van der Waals surface area (Å²) in [7, 11) is 6.12. The van der Waals surface area contributed by atoms with Crippen LogP contribution < -0.4 is 14.2 Å². The molecule has 1 atom stereocenters. The van der Waals surface area contributed by atoms with E-state index in [9.17, 15) is 0 Å². The lowest BCUT2D eigenvalue weighted by atomic mass is 9.88. The molecular weight excluding hydrogens is 442 g/mol. The Morgan fingerprint density at radius 3 is 2.34 bits per heavy atom. The normalized spacial score (nSPS) is 17.9. The number of hydrogen-bond donors (Lipinski definition) is 0. The summed E-state index contributed by atoms with van der Waals surface area (Å²) >= 11 is 0. The topological polar surface area (TPSA) is 71.3 Å². The first-order valence-electron chi connectivity index (χ1n) is 11.8. The zero-order valence-corrected chi connectivity index (χ0v) is 20.1. The fourth-order valence-electron chi connectivity index (χ4n) is 5.43. The van der Waals surface area contributed by atoms with Crippen molar-refractivity contribution in [1.29, 1.82) is 0 Å². The largest absolute Gasteiger partial charge is 0.492 e. The molecule has 6 rings (SSSR count). The molecule has 3 heterocycles. The van der Waals surface area contributed by atoms with Crippen LogP contribution in [0.3, 0.4) is 0 Å². The third-order valence-corrected chi connectivity index (χ3v) is 7.12. The van der Waals surface area contributed by atoms with Gasteiger partial charge in [-0.25, -0.2) is 4.68 Å². The summed E-state index contributed by atoms with van der Waals surface area (Å²) in [5, 5.41) is 13.4. The van der Waals surface area contributed by atoms with Gasteiger partial charge >= 0.3 is 0 Å². The summed E-state index contributed by atoms with van der Waals surface area (Å²) in [5.41, 5.74) is 4.47. The first-order chi connectivity index (χ1) is 17.1. The maximum absolute atomic E-state index is 5.95. The molecule has 178 valence electrons. The third-order valence-electron chi connectivity index (χ3n) is 7.12. The van der Waals surface area contributed by atoms with E-state index in [-0.39, 0.29) is 18.9 Å². The number of ether oxygens (including phenoxy) is 3. The number of quaternary nitrogens is 1. The number of likely N-dealkylation sites (N-methyl/N-ethyl adjacent to an activating group) is 1. The van der Waals surface area contributed by atoms with E-state index in [0.717, 1.165) is 41.2 Å². The van der Waals surface area contributed by atoms with Gasteiger partial charge in [0.05, 0.1) is 33.3 Å². The highest BCUT2D eigenvalue weighted by atomic mass is 16.7. The number of rotatable bonds is 5. The second-order valence-corrected chi connectivity index (χ2v) is 9.58. The summed E-state index contributed by atoms with van der Waals surface area (Å²) in [6.45, 7) is 1.12. The van der Waals surface area contributed by atoms with E-state index in [0.29, 0.717) is 16.0 Å². The van der Waals surface area contributed by atoms with Crippen LogP contribution in [-0.4, -0.2) is 59.2 Å². The van der Waals surface area contributed by atoms with Crippen molar-refractivity contribution in [1.82, 2.24) is 20.2 Å². The summed E-state index contributed by atoms with van der Waals surface area (Å²) in [6, 6.07) is 22.5. The molecule has 0 amide bonds. The zero-order valence-electron chi connectivity index (χ0n) is 20.1. The van der Waals surface area contributed by atoms with Crippen molar-refractivity contribution in [2.45, 2.75) is 18.5 Å². The van der Waals surface area contributed by atoms with Crippen LogP contribution in [0.2, 0.25) is 0 Å². The molecule has 0 spiro atoms. The van der Waals surface area contributed by atoms with Crippen LogP contribution in [0.15, 0.2) is 66.7 Å². The standard InChI is InChI=1S/C27H28N5O3/c1-32(2)15-14-20-16-21-25(35-17-34-21)26(33-3)22(20)24(32)27-28-29-30-31(27)23(18-10-6-4-7-11-18)19-12-8-5-9-13-19/h4-13,16,23-24H,14-15,17H2,1-3H3/q+1/t24-/m1/s1. The highest BCUT2D eigenvalue weighted by Crippen LogP contribution is 2.52. The Balaban J connectivity index is 1.58. The molecule has 4 aromatic rings. The number of benzene rings is 3. The molecule has 0 aliphatic carbocycles. The van der Waals surface area contributed by atoms with Crippen molar-refractivity contribution >= 4 is 0 Å². The van der Waals surface area contributed by atoms with Crippen molar-refractivity contribution in [3.8, 4) is 17.2 Å². The van der Waals surface area contributed by atoms with E-state index in [1.807, 2.05) is 16.8 Å². The molecule has 8 heteroatoms. The lowest BCUT2D eigenvalue weighted by molar-refractivity contribution is -0.918. The van der Waals surface area contributed by atoms with Gasteiger partial charge in [0.1, 0.15) is 6.04 Å². The average Bonchev–Trinajstić information content (AvgIpc) is 3.54. The molecular formula is C27H28N5O3+. The summed E-state index contributed by atoms with van der Waals surface area (Å²) in [6.07, 6.45) is 0.897. The van der Waals surface area contributed by atoms with E-state index < -0.39 is 0 Å². The average molecular weight is 471 g/mol. The fraction of sp³-hybridized carbons (Fsp3) is 0.296. The van der Waals surface area contributed by atoms with E-state index >= 15 is 0 Å². The van der Waals surface area contributed by atoms with E-state index in [1.165, 1.54) is 5.56 Å². The summed E-state index contributed by atoms with van der Waals surface area (Å²) in [5.74, 6) is 2.87. The van der Waals surface area contributed by atoms with E-state index in [2.05, 4.69) is 84.2 Å². The monoisotopic (exact) mass is 470 g/mol. The molecule has 0 radical (unpaired) electrons. The smallest absolute Gasteiger partial charge is 0.231 e. The van der Waals surface area contributed by atoms with Gasteiger partial charge in [-0.3, -0.25) is 0 Å². The van der Waals surface area contributed by atoms with Crippen LogP contribution in [0.1, 0.15) is 40.2 Å². The molecule has 0 N–H and O–H groups in total. The van der Waals surface area contributed by atoms with Crippen molar-refractivity contribution in [2.24, 2.45) is 0 Å². The number of hydrogen-bond acceptors (Lipinski definition) is 6. The Kier molecular flexibility index (Phi) is 5.18. The highest BCUT2D eigenvalue weighted by molar-refractivity contribution is 5.62. The molecule has 0 saturated carbocycles. The predicted octanol–water partition coefficient (Wildman–Crippen LogP) is 3.77. The van der Waals surface area contributed by atoms with Crippen LogP contribution in [0.4, 0.5) is 0 Å². The van der Waals surface area contributed by atoms with Crippen molar-refractivity contribution in [3.05, 3.63) is 94.8 Å². The molecule has 0 saturated heterocycles. The van der Waals surface area contributed by atoms with Crippen molar-refractivity contribution < 1.29 is 18.7 Å². The van der Waals surface area contributed by atoms with Crippen LogP contribution >= 0.6 is 0 Å². The van der Waals surface area contributed by atoms with Gasteiger partial charge in [-0.05, 0) is 33.2 Å². The third kappa shape index (κ3) is 3.52. The van der Waals surface area contributed by atoms with Gasteiger partial charge in [-0.1, -0.05) is 60.7 Å². The number of fused-ring (bicyclic) bond motifs is 2. The van der Waals surface area contributed by atoms with Gasteiger partial charge in [-0.2, -0.15) is 0 Å². The molecule has 2 aliphatic rings. The molecule has 3 aromatic carbocycles. The maximum Gasteiger partial charge on any atom is 0.231 e. The first-order valence-corrected chi connectivity index (χ1v) is 11.8. The molecule has 0 unspecified atom stereocenters. The van der Waals surface area contributed by atoms with Crippen LogP contribution in [-0.2, 0) is 6.42 Å². The predicted molar refractivity (Wildman–Crippen MR) is 130 cm³/mol. The lowest BCUT2D eigenvalue weighted by Gasteiger charge is -2.42. The van der Waals surface area contributed by atoms with Crippen LogP contribution in [0, 0.1) is 0 Å². The zero-order chi connectivity index (χ0) is 24.0. The number of aromatic nitrogens is 4. The van der Waals surface area contributed by atoms with Crippen molar-refractivity contribution in [3.63, 3.8) is 0 Å². The fourth-order valence-corrected chi connectivity index (χ4v) is 5.43. The quantitative estimate of drug-likeness (QED) is 0.414. The Morgan fingerprint density at radius 2 is 1.69 bits per heavy atom. The van der Waals surface area contributed by atoms with Crippen LogP contribution in [0.25, 0.3) is 0 Å². The minimum atomic E-state index is -0.173. The molecule has 8 nitrogen and oxygen atoms in total. The molecule has 0 fully saturated rings. The van der Waals surface area contributed by atoms with Gasteiger partial charge in [-0.15, -0.1) is 5.10 Å². The summed E-state index contributed by atoms with van der Waals surface area (Å²) in [4.78, 5) is 0. The van der Waals surface area contributed by atoms with E-state index in [1.54, 1.807) is 7.11 Å². The minimum Gasteiger partial charge on any atom is -0.492 e. The molecule has 35 heavy (non-hydrogen) atoms. The van der Waals surface area contributed by atoms with Gasteiger partial charge in [0.2, 0.25) is 18.4 Å².